The van der Waals surface area contributed by atoms with Crippen LogP contribution in [0.25, 0.3) is 0 Å². The number of carbonyl (C=O) groups is 13. The Morgan fingerprint density at radius 1 is 0.653 bits per heavy atom. The molecule has 15 atom stereocenters. The van der Waals surface area contributed by atoms with E-state index in [2.05, 4.69) is 53.2 Å². The van der Waals surface area contributed by atoms with E-state index in [4.69, 9.17) is 32.1 Å². The van der Waals surface area contributed by atoms with E-state index in [1.54, 1.807) is 71.9 Å². The molecule has 23 N–H and O–H groups in total. The molecule has 35 heteroatoms. The molecule has 2 aromatic rings. The predicted molar refractivity (Wildman–Crippen MR) is 351 cm³/mol. The summed E-state index contributed by atoms with van der Waals surface area (Å²) in [5.74, 6) is -18.2. The van der Waals surface area contributed by atoms with Crippen LogP contribution in [-0.2, 0) is 73.6 Å². The Balaban J connectivity index is 2.39. The van der Waals surface area contributed by atoms with Gasteiger partial charge in [0.2, 0.25) is 65.0 Å². The molecular formula is C63H98N16O19. The van der Waals surface area contributed by atoms with Gasteiger partial charge in [0.1, 0.15) is 61.0 Å². The Labute approximate surface area is 567 Å². The van der Waals surface area contributed by atoms with Gasteiger partial charge in [-0.25, -0.2) is 9.59 Å². The number of hydrogen-bond donors (Lipinski definition) is 20. The van der Waals surface area contributed by atoms with Crippen molar-refractivity contribution in [1.29, 1.82) is 5.41 Å². The second kappa shape index (κ2) is 40.9. The van der Waals surface area contributed by atoms with E-state index in [1.807, 2.05) is 10.6 Å². The number of carbonyl (C=O) groups excluding carboxylic acids is 13. The van der Waals surface area contributed by atoms with Gasteiger partial charge in [0.05, 0.1) is 25.4 Å². The molecule has 1 aliphatic heterocycles. The van der Waals surface area contributed by atoms with Gasteiger partial charge < -0.3 is 111 Å². The van der Waals surface area contributed by atoms with Crippen molar-refractivity contribution >= 4 is 83.0 Å². The monoisotopic (exact) mass is 1380 g/mol. The van der Waals surface area contributed by atoms with E-state index in [9.17, 15) is 73.2 Å². The number of guanidine groups is 1. The second-order valence-corrected chi connectivity index (χ2v) is 24.8. The van der Waals surface area contributed by atoms with Crippen molar-refractivity contribution in [3.05, 3.63) is 71.8 Å². The lowest BCUT2D eigenvalue weighted by Gasteiger charge is -2.34. The van der Waals surface area contributed by atoms with E-state index >= 15 is 9.59 Å². The fourth-order valence-electron chi connectivity index (χ4n) is 9.79. The molecule has 1 aliphatic rings. The molecule has 0 radical (unpaired) electrons. The highest BCUT2D eigenvalue weighted by molar-refractivity contribution is 6.00. The van der Waals surface area contributed by atoms with Crippen LogP contribution in [0.5, 0.6) is 0 Å². The lowest BCUT2D eigenvalue weighted by atomic mass is 9.95. The van der Waals surface area contributed by atoms with Crippen molar-refractivity contribution in [1.82, 2.24) is 63.8 Å². The predicted octanol–water partition coefficient (Wildman–Crippen LogP) is -5.34. The van der Waals surface area contributed by atoms with Crippen LogP contribution in [0.2, 0.25) is 0 Å². The maximum Gasteiger partial charge on any atom is 0.408 e. The number of esters is 1. The van der Waals surface area contributed by atoms with Crippen molar-refractivity contribution in [3.63, 3.8) is 0 Å². The number of hydrogen-bond acceptors (Lipinski definition) is 21. The zero-order valence-electron chi connectivity index (χ0n) is 56.4. The van der Waals surface area contributed by atoms with Gasteiger partial charge in [0.25, 0.3) is 0 Å². The van der Waals surface area contributed by atoms with Crippen LogP contribution in [0.4, 0.5) is 4.79 Å². The number of benzene rings is 2. The zero-order chi connectivity index (χ0) is 73.7. The minimum Gasteiger partial charge on any atom is -0.453 e. The molecule has 0 aromatic heterocycles. The minimum atomic E-state index is -2.61. The minimum absolute atomic E-state index is 0.00533. The standard InChI is InChI=1S/C63H98N16O19/c1-10-33(8)43-57(91)77-44(34(9)81)56(90)69-27-42(82)75-46(49(84)51(65)85)59(93)73-41(28-80)61(95)98-50(36-20-15-12-16-21-36)47(79-54(88)39(25-31(4)5)71-55(89)40(26-64)74-63(96)97-29-35-18-13-11-14-19-35)60(94)78-45(48(83)32(6)7)58(92)72-38(24-30(2)3)53(87)70-37(52(86)76-43)22-17-23-68-62(66)67/h11-16,18-21,30-34,37-41,43-50,80-81,83-84H,10,17,22-29,64H2,1-9H3,(H2,65,85)(H,69,90)(H,70,87)(H,71,89)(H,72,92)(H,73,93)(H,74,96)(H,75,82)(H,76,86)(H,77,91)(H,78,94)(H,79,88)(H4,66,67,68)/t33-,34-,37+,38-,39-,40-,41-,43-,44-,45-,46-,47-,48+,49-,50+/m0/s1. The van der Waals surface area contributed by atoms with E-state index < -0.39 is 211 Å². The molecule has 2 aromatic carbocycles. The highest BCUT2D eigenvalue weighted by Crippen LogP contribution is 2.25. The fourth-order valence-corrected chi connectivity index (χ4v) is 9.79. The number of alkyl carbamates (subject to hydrolysis) is 1. The summed E-state index contributed by atoms with van der Waals surface area (Å²) in [7, 11) is 0. The van der Waals surface area contributed by atoms with Gasteiger partial charge in [-0.15, -0.1) is 0 Å². The summed E-state index contributed by atoms with van der Waals surface area (Å²) in [6.07, 6.45) is -9.72. The summed E-state index contributed by atoms with van der Waals surface area (Å²) in [6, 6.07) is -3.39. The molecule has 1 heterocycles. The molecule has 0 aliphatic carbocycles. The van der Waals surface area contributed by atoms with Crippen molar-refractivity contribution in [2.24, 2.45) is 40.9 Å². The average Bonchev–Trinajstić information content (AvgIpc) is 0.783. The number of aliphatic hydroxyl groups excluding tert-OH is 4. The van der Waals surface area contributed by atoms with E-state index in [1.165, 1.54) is 44.2 Å². The van der Waals surface area contributed by atoms with Crippen LogP contribution < -0.4 is 81.0 Å². The summed E-state index contributed by atoms with van der Waals surface area (Å²) in [5, 5.41) is 80.6. The number of cyclic esters (lactones) is 1. The molecular weight excluding hydrogens is 1280 g/mol. The first kappa shape index (κ1) is 82.7. The Morgan fingerprint density at radius 2 is 1.21 bits per heavy atom. The first-order chi connectivity index (χ1) is 46.1. The highest BCUT2D eigenvalue weighted by atomic mass is 16.6. The molecule has 35 nitrogen and oxygen atoms in total. The highest BCUT2D eigenvalue weighted by Gasteiger charge is 2.44. The first-order valence-corrected chi connectivity index (χ1v) is 32.1. The third-order valence-electron chi connectivity index (χ3n) is 15.5. The maximum atomic E-state index is 15.5. The van der Waals surface area contributed by atoms with Crippen molar-refractivity contribution in [2.75, 3.05) is 26.2 Å². The second-order valence-electron chi connectivity index (χ2n) is 24.8. The smallest absolute Gasteiger partial charge is 0.408 e. The van der Waals surface area contributed by atoms with Crippen LogP contribution in [-0.4, -0.2) is 208 Å². The van der Waals surface area contributed by atoms with Gasteiger partial charge in [0.15, 0.2) is 24.2 Å². The van der Waals surface area contributed by atoms with Crippen LogP contribution in [0.3, 0.4) is 0 Å². The third-order valence-corrected chi connectivity index (χ3v) is 15.5. The zero-order valence-corrected chi connectivity index (χ0v) is 56.4. The molecule has 12 amide bonds. The Morgan fingerprint density at radius 3 is 1.77 bits per heavy atom. The van der Waals surface area contributed by atoms with Crippen molar-refractivity contribution in [3.8, 4) is 0 Å². The average molecular weight is 1380 g/mol. The molecule has 0 saturated carbocycles. The van der Waals surface area contributed by atoms with Crippen LogP contribution in [0.1, 0.15) is 112 Å². The summed E-state index contributed by atoms with van der Waals surface area (Å²) in [6.45, 7) is 10.7. The van der Waals surface area contributed by atoms with Crippen molar-refractivity contribution < 1.29 is 92.2 Å². The van der Waals surface area contributed by atoms with Gasteiger partial charge in [-0.1, -0.05) is 122 Å². The van der Waals surface area contributed by atoms with Gasteiger partial charge in [-0.2, -0.15) is 0 Å². The van der Waals surface area contributed by atoms with Crippen molar-refractivity contribution in [2.45, 2.75) is 186 Å². The van der Waals surface area contributed by atoms with Gasteiger partial charge in [-0.3, -0.25) is 58.1 Å². The van der Waals surface area contributed by atoms with Crippen LogP contribution in [0.15, 0.2) is 60.7 Å². The number of primary amides is 1. The molecule has 0 spiro atoms. The fraction of sp³-hybridized carbons (Fsp3) is 0.587. The molecule has 0 bridgehead atoms. The maximum absolute atomic E-state index is 15.5. The van der Waals surface area contributed by atoms with E-state index in [0.717, 1.165) is 6.92 Å². The van der Waals surface area contributed by atoms with Gasteiger partial charge in [0, 0.05) is 13.1 Å². The van der Waals surface area contributed by atoms with E-state index in [0.29, 0.717) is 5.56 Å². The van der Waals surface area contributed by atoms with E-state index in [-0.39, 0.29) is 50.8 Å². The van der Waals surface area contributed by atoms with Crippen LogP contribution >= 0.6 is 0 Å². The number of ether oxygens (including phenoxy) is 2. The number of amides is 12. The first-order valence-electron chi connectivity index (χ1n) is 32.1. The van der Waals surface area contributed by atoms with Gasteiger partial charge in [-0.05, 0) is 67.4 Å². The SMILES string of the molecule is CC[C@H](C)[C@@H]1NC(=O)[C@@H](CCCNC(=N)N)NC(=O)[C@H](CC(C)C)NC(=O)[C@H]([C@H](O)C(C)C)NC(=O)[C@@H](NC(=O)[C@H](CC(C)C)NC(=O)[C@H](CN)NC(=O)OCc2ccccc2)[C@@H](c2ccccc2)OC(=O)[C@H](CO)NC(=O)[C@H]([C@H](O)C(N)=O)NC(=O)CNC(=O)[C@H]([C@H](C)O)NC1=O. The largest absolute Gasteiger partial charge is 0.453 e. The molecule has 0 unspecified atom stereocenters. The Hall–Kier alpha value is -9.58. The lowest BCUT2D eigenvalue weighted by Crippen LogP contribution is -2.64. The Bertz CT molecular complexity index is 3050. The third kappa shape index (κ3) is 26.8. The quantitative estimate of drug-likeness (QED) is 0.0191. The summed E-state index contributed by atoms with van der Waals surface area (Å²) in [4.78, 5) is 184. The number of aliphatic hydroxyl groups is 4. The molecule has 1 saturated heterocycles. The number of rotatable bonds is 25. The molecule has 98 heavy (non-hydrogen) atoms. The summed E-state index contributed by atoms with van der Waals surface area (Å²) in [5.41, 5.74) is 17.3. The normalized spacial score (nSPS) is 23.4. The van der Waals surface area contributed by atoms with Gasteiger partial charge >= 0.3 is 12.1 Å². The lowest BCUT2D eigenvalue weighted by molar-refractivity contribution is -0.159. The summed E-state index contributed by atoms with van der Waals surface area (Å²) >= 11 is 0. The summed E-state index contributed by atoms with van der Waals surface area (Å²) < 4.78 is 11.2. The topological polar surface area (TPSA) is 568 Å². The number of nitrogens with one attached hydrogen (secondary N) is 13. The number of nitrogens with two attached hydrogens (primary N) is 3. The molecule has 1 fully saturated rings. The molecule has 544 valence electrons. The van der Waals surface area contributed by atoms with Crippen LogP contribution in [0, 0.1) is 29.1 Å². The molecule has 3 rings (SSSR count). The Kier molecular flexibility index (Phi) is 34.5.